The monoisotopic (exact) mass is 400 g/mol. The minimum Gasteiger partial charge on any atom is -0.454 e. The number of aliphatic hydroxyl groups is 2. The number of halogens is 1. The van der Waals surface area contributed by atoms with Gasteiger partial charge < -0.3 is 29.2 Å². The van der Waals surface area contributed by atoms with Crippen LogP contribution >= 0.6 is 11.6 Å². The van der Waals surface area contributed by atoms with Crippen molar-refractivity contribution in [2.24, 2.45) is 0 Å². The van der Waals surface area contributed by atoms with Crippen molar-refractivity contribution in [3.63, 3.8) is 0 Å². The first-order valence-electron chi connectivity index (χ1n) is 8.20. The third-order valence-electron chi connectivity index (χ3n) is 3.81. The Balaban J connectivity index is 2.28. The highest BCUT2D eigenvalue weighted by Crippen LogP contribution is 2.28. The highest BCUT2D eigenvalue weighted by atomic mass is 35.5. The Hall–Kier alpha value is -1.97. The van der Waals surface area contributed by atoms with Gasteiger partial charge in [-0.05, 0) is 12.1 Å². The van der Waals surface area contributed by atoms with Crippen molar-refractivity contribution in [1.29, 1.82) is 0 Å². The number of alkyl halides is 1. The Kier molecular flexibility index (Phi) is 8.21. The molecule has 0 saturated carbocycles. The Bertz CT molecular complexity index is 638. The summed E-state index contributed by atoms with van der Waals surface area (Å²) in [6, 6.07) is 8.12. The van der Waals surface area contributed by atoms with Crippen LogP contribution in [0.1, 0.15) is 10.4 Å². The van der Waals surface area contributed by atoms with Crippen molar-refractivity contribution in [1.82, 2.24) is 0 Å². The summed E-state index contributed by atoms with van der Waals surface area (Å²) in [6.07, 6.45) is -4.96. The van der Waals surface area contributed by atoms with Gasteiger partial charge in [0.2, 0.25) is 0 Å². The fraction of sp³-hybridized carbons (Fsp3) is 0.444. The molecule has 27 heavy (non-hydrogen) atoms. The average Bonchev–Trinajstić information content (AvgIpc) is 2.70. The van der Waals surface area contributed by atoms with Crippen molar-refractivity contribution in [2.45, 2.75) is 30.7 Å². The lowest BCUT2D eigenvalue weighted by Gasteiger charge is -2.42. The van der Waals surface area contributed by atoms with Gasteiger partial charge in [-0.15, -0.1) is 18.2 Å². The zero-order valence-corrected chi connectivity index (χ0v) is 15.2. The molecule has 148 valence electrons. The molecule has 2 N–H and O–H groups in total. The van der Waals surface area contributed by atoms with Gasteiger partial charge in [-0.2, -0.15) is 0 Å². The van der Waals surface area contributed by atoms with Crippen molar-refractivity contribution in [2.75, 3.05) is 19.1 Å². The van der Waals surface area contributed by atoms with Gasteiger partial charge in [-0.1, -0.05) is 24.3 Å². The predicted molar refractivity (Wildman–Crippen MR) is 94.1 cm³/mol. The van der Waals surface area contributed by atoms with Gasteiger partial charge >= 0.3 is 11.9 Å². The van der Waals surface area contributed by atoms with Crippen molar-refractivity contribution in [3.05, 3.63) is 48.6 Å². The Morgan fingerprint density at radius 3 is 2.52 bits per heavy atom. The van der Waals surface area contributed by atoms with Gasteiger partial charge in [0.05, 0.1) is 18.8 Å². The van der Waals surface area contributed by atoms with Crippen molar-refractivity contribution >= 4 is 23.5 Å². The van der Waals surface area contributed by atoms with E-state index in [2.05, 4.69) is 6.58 Å². The Labute approximate surface area is 161 Å². The normalized spacial score (nSPS) is 27.6. The van der Waals surface area contributed by atoms with Crippen LogP contribution in [0.5, 0.6) is 0 Å². The van der Waals surface area contributed by atoms with E-state index in [-0.39, 0.29) is 12.2 Å². The van der Waals surface area contributed by atoms with E-state index >= 15 is 0 Å². The molecule has 1 fully saturated rings. The van der Waals surface area contributed by atoms with E-state index in [1.165, 1.54) is 6.08 Å². The van der Waals surface area contributed by atoms with Gasteiger partial charge in [-0.3, -0.25) is 4.79 Å². The summed E-state index contributed by atoms with van der Waals surface area (Å²) < 4.78 is 21.5. The standard InChI is InChI=1S/C18H21ClO8/c1-2-8-24-18-16(27-17(23)11-6-4-3-5-7-11)15(26-13(21)9-19)14(22)12(10-20)25-18/h2-7,12,14-16,18,20,22H,1,8-10H2/t12-,14-,15+,16-,18+/m1/s1. The zero-order chi connectivity index (χ0) is 19.8. The topological polar surface area (TPSA) is 112 Å². The van der Waals surface area contributed by atoms with Gasteiger partial charge in [0.25, 0.3) is 0 Å². The fourth-order valence-electron chi connectivity index (χ4n) is 2.55. The first-order chi connectivity index (χ1) is 13.0. The highest BCUT2D eigenvalue weighted by molar-refractivity contribution is 6.26. The first-order valence-corrected chi connectivity index (χ1v) is 8.73. The van der Waals surface area contributed by atoms with Crippen LogP contribution in [-0.4, -0.2) is 72.0 Å². The minimum absolute atomic E-state index is 0.0362. The maximum atomic E-state index is 12.4. The summed E-state index contributed by atoms with van der Waals surface area (Å²) >= 11 is 5.47. The summed E-state index contributed by atoms with van der Waals surface area (Å²) in [5.74, 6) is -2.02. The highest BCUT2D eigenvalue weighted by Gasteiger charge is 2.50. The third-order valence-corrected chi connectivity index (χ3v) is 4.02. The molecule has 5 atom stereocenters. The lowest BCUT2D eigenvalue weighted by molar-refractivity contribution is -0.299. The molecule has 2 rings (SSSR count). The van der Waals surface area contributed by atoms with Crippen LogP contribution < -0.4 is 0 Å². The number of hydrogen-bond donors (Lipinski definition) is 2. The van der Waals surface area contributed by atoms with Crippen LogP contribution in [0.4, 0.5) is 0 Å². The molecule has 1 aromatic rings. The molecule has 1 saturated heterocycles. The number of carbonyl (C=O) groups excluding carboxylic acids is 2. The predicted octanol–water partition coefficient (Wildman–Crippen LogP) is 0.643. The van der Waals surface area contributed by atoms with Crippen LogP contribution in [0, 0.1) is 0 Å². The second kappa shape index (κ2) is 10.4. The van der Waals surface area contributed by atoms with E-state index in [0.717, 1.165) is 0 Å². The number of benzene rings is 1. The molecule has 0 aliphatic carbocycles. The molecular weight excluding hydrogens is 380 g/mol. The molecule has 0 bridgehead atoms. The summed E-state index contributed by atoms with van der Waals surface area (Å²) in [5, 5.41) is 19.8. The van der Waals surface area contributed by atoms with Crippen LogP contribution in [0.2, 0.25) is 0 Å². The SMILES string of the molecule is C=CCO[C@H]1O[C@H](CO)[C@@H](O)[C@H](OC(=O)CCl)[C@H]1OC(=O)c1ccccc1. The van der Waals surface area contributed by atoms with E-state index in [9.17, 15) is 19.8 Å². The second-order valence-corrected chi connectivity index (χ2v) is 5.93. The van der Waals surface area contributed by atoms with E-state index in [4.69, 9.17) is 30.5 Å². The molecule has 9 heteroatoms. The maximum absolute atomic E-state index is 12.4. The van der Waals surface area contributed by atoms with E-state index < -0.39 is 55.1 Å². The molecule has 1 aromatic carbocycles. The van der Waals surface area contributed by atoms with Gasteiger partial charge in [0, 0.05) is 0 Å². The van der Waals surface area contributed by atoms with Crippen molar-refractivity contribution < 1.29 is 38.7 Å². The molecule has 1 aliphatic heterocycles. The number of carbonyl (C=O) groups is 2. The second-order valence-electron chi connectivity index (χ2n) is 5.66. The minimum atomic E-state index is -1.46. The Morgan fingerprint density at radius 2 is 1.93 bits per heavy atom. The third kappa shape index (κ3) is 5.50. The van der Waals surface area contributed by atoms with Crippen LogP contribution in [-0.2, 0) is 23.7 Å². The fourth-order valence-corrected chi connectivity index (χ4v) is 2.61. The number of rotatable bonds is 8. The average molecular weight is 401 g/mol. The molecule has 0 amide bonds. The lowest BCUT2D eigenvalue weighted by Crippen LogP contribution is -2.61. The van der Waals surface area contributed by atoms with E-state index in [1.807, 2.05) is 0 Å². The smallest absolute Gasteiger partial charge is 0.338 e. The molecule has 0 radical (unpaired) electrons. The number of hydrogen-bond acceptors (Lipinski definition) is 8. The number of aliphatic hydroxyl groups excluding tert-OH is 2. The summed E-state index contributed by atoms with van der Waals surface area (Å²) in [7, 11) is 0. The molecular formula is C18H21ClO8. The number of ether oxygens (including phenoxy) is 4. The largest absolute Gasteiger partial charge is 0.454 e. The quantitative estimate of drug-likeness (QED) is 0.371. The Morgan fingerprint density at radius 1 is 1.22 bits per heavy atom. The van der Waals surface area contributed by atoms with Crippen LogP contribution in [0.15, 0.2) is 43.0 Å². The summed E-state index contributed by atoms with van der Waals surface area (Å²) in [4.78, 5) is 24.1. The van der Waals surface area contributed by atoms with Crippen molar-refractivity contribution in [3.8, 4) is 0 Å². The molecule has 8 nitrogen and oxygen atoms in total. The summed E-state index contributed by atoms with van der Waals surface area (Å²) in [6.45, 7) is 2.99. The van der Waals surface area contributed by atoms with Crippen LogP contribution in [0.25, 0.3) is 0 Å². The zero-order valence-electron chi connectivity index (χ0n) is 14.4. The molecule has 1 heterocycles. The van der Waals surface area contributed by atoms with Gasteiger partial charge in [-0.25, -0.2) is 4.79 Å². The maximum Gasteiger partial charge on any atom is 0.338 e. The first kappa shape index (κ1) is 21.3. The van der Waals surface area contributed by atoms with E-state index in [1.54, 1.807) is 30.3 Å². The van der Waals surface area contributed by atoms with E-state index in [0.29, 0.717) is 0 Å². The lowest BCUT2D eigenvalue weighted by atomic mass is 9.98. The number of esters is 2. The summed E-state index contributed by atoms with van der Waals surface area (Å²) in [5.41, 5.74) is 0.251. The molecule has 0 spiro atoms. The van der Waals surface area contributed by atoms with Gasteiger partial charge in [0.15, 0.2) is 18.5 Å². The molecule has 1 aliphatic rings. The molecule has 0 aromatic heterocycles. The van der Waals surface area contributed by atoms with Gasteiger partial charge in [0.1, 0.15) is 18.1 Å². The van der Waals surface area contributed by atoms with Crippen LogP contribution in [0.3, 0.4) is 0 Å². The molecule has 0 unspecified atom stereocenters.